The zero-order valence-electron chi connectivity index (χ0n) is 17.4. The largest absolute Gasteiger partial charge is 0.353 e. The van der Waals surface area contributed by atoms with Crippen LogP contribution in [0.1, 0.15) is 70.8 Å². The van der Waals surface area contributed by atoms with E-state index in [0.717, 1.165) is 30.6 Å². The van der Waals surface area contributed by atoms with E-state index in [-0.39, 0.29) is 5.91 Å². The van der Waals surface area contributed by atoms with Gasteiger partial charge in [0, 0.05) is 24.9 Å². The first-order chi connectivity index (χ1) is 13.5. The molecule has 0 spiro atoms. The van der Waals surface area contributed by atoms with Gasteiger partial charge in [-0.05, 0) is 91.1 Å². The third kappa shape index (κ3) is 2.76. The third-order valence-corrected chi connectivity index (χ3v) is 9.37. The average molecular weight is 379 g/mol. The lowest BCUT2D eigenvalue weighted by Crippen LogP contribution is -2.61. The molecule has 150 valence electrons. The van der Waals surface area contributed by atoms with Crippen LogP contribution in [0.5, 0.6) is 0 Å². The number of allylic oxidation sites excluding steroid dienone is 1. The van der Waals surface area contributed by atoms with E-state index in [1.165, 1.54) is 44.1 Å². The number of pyridine rings is 1. The number of rotatable bonds is 2. The highest BCUT2D eigenvalue weighted by molar-refractivity contribution is 5.77. The number of carbonyl (C=O) groups excluding carboxylic acids is 1. The van der Waals surface area contributed by atoms with Gasteiger partial charge in [0.05, 0.1) is 0 Å². The van der Waals surface area contributed by atoms with Gasteiger partial charge >= 0.3 is 0 Å². The summed E-state index contributed by atoms with van der Waals surface area (Å²) in [5, 5.41) is 3.35. The molecule has 28 heavy (non-hydrogen) atoms. The van der Waals surface area contributed by atoms with Crippen LogP contribution in [0.15, 0.2) is 30.6 Å². The normalized spacial score (nSPS) is 45.2. The summed E-state index contributed by atoms with van der Waals surface area (Å²) in [6, 6.07) is 4.59. The van der Waals surface area contributed by atoms with Crippen molar-refractivity contribution < 1.29 is 4.79 Å². The smallest absolute Gasteiger partial charge is 0.220 e. The van der Waals surface area contributed by atoms with Crippen molar-refractivity contribution in [2.75, 3.05) is 0 Å². The van der Waals surface area contributed by atoms with Gasteiger partial charge in [0.2, 0.25) is 5.91 Å². The molecule has 7 atom stereocenters. The Morgan fingerprint density at radius 2 is 1.93 bits per heavy atom. The number of hydrogen-bond donors (Lipinski definition) is 1. The molecule has 1 amide bonds. The Kier molecular flexibility index (Phi) is 4.41. The molecular weight excluding hydrogens is 344 g/mol. The summed E-state index contributed by atoms with van der Waals surface area (Å²) in [5.41, 5.74) is 1.98. The standard InChI is InChI=1S/C25H34N2O/c1-24-13-11-21-19(8-10-22-25(21,2)14-12-23(28)27-22)20(24)9-7-18(24)6-5-17-4-3-15-26-16-17/h3-6,15-16,18-22H,7-14H2,1-2H3,(H,27,28)/b6-5+/t18-,19-,20-,21-,22+,24+,25+/m0/s1. The van der Waals surface area contributed by atoms with Gasteiger partial charge < -0.3 is 5.32 Å². The minimum atomic E-state index is 0.281. The molecule has 5 rings (SSSR count). The second-order valence-corrected chi connectivity index (χ2v) is 10.5. The van der Waals surface area contributed by atoms with Gasteiger partial charge in [-0.25, -0.2) is 0 Å². The van der Waals surface area contributed by atoms with Gasteiger partial charge in [0.15, 0.2) is 0 Å². The molecule has 4 aliphatic rings. The van der Waals surface area contributed by atoms with Gasteiger partial charge in [-0.15, -0.1) is 0 Å². The van der Waals surface area contributed by atoms with E-state index in [1.54, 1.807) is 0 Å². The lowest BCUT2D eigenvalue weighted by molar-refractivity contribution is -0.136. The summed E-state index contributed by atoms with van der Waals surface area (Å²) >= 11 is 0. The molecule has 3 nitrogen and oxygen atoms in total. The predicted octanol–water partition coefficient (Wildman–Crippen LogP) is 5.23. The van der Waals surface area contributed by atoms with Crippen LogP contribution >= 0.6 is 0 Å². The van der Waals surface area contributed by atoms with Crippen molar-refractivity contribution >= 4 is 12.0 Å². The highest BCUT2D eigenvalue weighted by atomic mass is 16.1. The van der Waals surface area contributed by atoms with Crippen LogP contribution in [0.3, 0.4) is 0 Å². The van der Waals surface area contributed by atoms with E-state index in [2.05, 4.69) is 42.4 Å². The van der Waals surface area contributed by atoms with Gasteiger partial charge in [-0.1, -0.05) is 32.1 Å². The van der Waals surface area contributed by atoms with Crippen LogP contribution in [0.25, 0.3) is 6.08 Å². The number of amides is 1. The molecule has 3 saturated carbocycles. The van der Waals surface area contributed by atoms with Crippen molar-refractivity contribution in [1.82, 2.24) is 10.3 Å². The van der Waals surface area contributed by atoms with Gasteiger partial charge in [-0.2, -0.15) is 0 Å². The minimum absolute atomic E-state index is 0.281. The van der Waals surface area contributed by atoms with E-state index < -0.39 is 0 Å². The highest BCUT2D eigenvalue weighted by Crippen LogP contribution is 2.65. The molecule has 0 bridgehead atoms. The molecule has 1 aromatic rings. The molecule has 3 heteroatoms. The molecule has 3 aliphatic carbocycles. The Balaban J connectivity index is 1.37. The molecule has 1 N–H and O–H groups in total. The van der Waals surface area contributed by atoms with Crippen LogP contribution in [-0.2, 0) is 4.79 Å². The number of carbonyl (C=O) groups is 1. The first-order valence-electron chi connectivity index (χ1n) is 11.4. The lowest BCUT2D eigenvalue weighted by atomic mass is 9.47. The number of hydrogen-bond acceptors (Lipinski definition) is 2. The molecule has 1 saturated heterocycles. The Hall–Kier alpha value is -1.64. The average Bonchev–Trinajstić information content (AvgIpc) is 3.04. The van der Waals surface area contributed by atoms with Crippen molar-refractivity contribution in [3.63, 3.8) is 0 Å². The number of nitrogens with zero attached hydrogens (tertiary/aromatic N) is 1. The summed E-state index contributed by atoms with van der Waals surface area (Å²) in [6.07, 6.45) is 18.3. The van der Waals surface area contributed by atoms with Crippen LogP contribution in [-0.4, -0.2) is 16.9 Å². The van der Waals surface area contributed by atoms with E-state index in [0.29, 0.717) is 22.8 Å². The van der Waals surface area contributed by atoms with Crippen molar-refractivity contribution in [2.24, 2.45) is 34.5 Å². The monoisotopic (exact) mass is 378 g/mol. The summed E-state index contributed by atoms with van der Waals surface area (Å²) in [4.78, 5) is 16.2. The molecular formula is C25H34N2O. The Labute approximate surface area is 169 Å². The minimum Gasteiger partial charge on any atom is -0.353 e. The van der Waals surface area contributed by atoms with E-state index in [1.807, 2.05) is 18.5 Å². The van der Waals surface area contributed by atoms with E-state index >= 15 is 0 Å². The fourth-order valence-corrected chi connectivity index (χ4v) is 7.76. The van der Waals surface area contributed by atoms with E-state index in [4.69, 9.17) is 0 Å². The van der Waals surface area contributed by atoms with Crippen LogP contribution in [0.2, 0.25) is 0 Å². The van der Waals surface area contributed by atoms with Gasteiger partial charge in [0.1, 0.15) is 0 Å². The van der Waals surface area contributed by atoms with Gasteiger partial charge in [-0.3, -0.25) is 9.78 Å². The quantitative estimate of drug-likeness (QED) is 0.765. The first-order valence-corrected chi connectivity index (χ1v) is 11.4. The molecule has 0 radical (unpaired) electrons. The van der Waals surface area contributed by atoms with Crippen LogP contribution in [0.4, 0.5) is 0 Å². The highest BCUT2D eigenvalue weighted by Gasteiger charge is 2.59. The van der Waals surface area contributed by atoms with Gasteiger partial charge in [0.25, 0.3) is 0 Å². The molecule has 2 heterocycles. The Morgan fingerprint density at radius 1 is 1.07 bits per heavy atom. The fourth-order valence-electron chi connectivity index (χ4n) is 7.76. The summed E-state index contributed by atoms with van der Waals surface area (Å²) in [7, 11) is 0. The zero-order chi connectivity index (χ0) is 19.4. The van der Waals surface area contributed by atoms with Crippen LogP contribution in [0, 0.1) is 34.5 Å². The maximum absolute atomic E-state index is 12.0. The van der Waals surface area contributed by atoms with Crippen molar-refractivity contribution in [3.05, 3.63) is 36.2 Å². The second kappa shape index (κ2) is 6.71. The van der Waals surface area contributed by atoms with Crippen LogP contribution < -0.4 is 5.32 Å². The summed E-state index contributed by atoms with van der Waals surface area (Å²) in [6.45, 7) is 5.07. The Bertz CT molecular complexity index is 774. The van der Waals surface area contributed by atoms with Crippen molar-refractivity contribution in [2.45, 2.75) is 71.3 Å². The summed E-state index contributed by atoms with van der Waals surface area (Å²) in [5.74, 6) is 3.47. The first kappa shape index (κ1) is 18.4. The number of fused-ring (bicyclic) bond motifs is 5. The lowest BCUT2D eigenvalue weighted by Gasteiger charge is -2.60. The number of piperidine rings is 1. The van der Waals surface area contributed by atoms with Crippen molar-refractivity contribution in [1.29, 1.82) is 0 Å². The molecule has 0 unspecified atom stereocenters. The Morgan fingerprint density at radius 3 is 2.75 bits per heavy atom. The summed E-state index contributed by atoms with van der Waals surface area (Å²) < 4.78 is 0. The van der Waals surface area contributed by atoms with Crippen molar-refractivity contribution in [3.8, 4) is 0 Å². The third-order valence-electron chi connectivity index (χ3n) is 9.37. The number of aromatic nitrogens is 1. The van der Waals surface area contributed by atoms with E-state index in [9.17, 15) is 4.79 Å². The molecule has 1 aromatic heterocycles. The number of nitrogens with one attached hydrogen (secondary N) is 1. The predicted molar refractivity (Wildman–Crippen MR) is 112 cm³/mol. The topological polar surface area (TPSA) is 42.0 Å². The SMILES string of the molecule is C[C@]12CCC(=O)N[C@@H]1CC[C@@H]1[C@@H]2CC[C@]2(C)[C@@H](/C=C/c3cccnc3)CC[C@@H]12. The fraction of sp³-hybridized carbons (Fsp3) is 0.680. The maximum Gasteiger partial charge on any atom is 0.220 e. The maximum atomic E-state index is 12.0. The second-order valence-electron chi connectivity index (χ2n) is 10.5. The molecule has 1 aliphatic heterocycles. The zero-order valence-corrected chi connectivity index (χ0v) is 17.4. The molecule has 0 aromatic carbocycles. The molecule has 4 fully saturated rings.